The summed E-state index contributed by atoms with van der Waals surface area (Å²) in [4.78, 5) is 31.3. The van der Waals surface area contributed by atoms with Gasteiger partial charge in [0.1, 0.15) is 12.2 Å². The number of carbonyl (C=O) groups is 2. The van der Waals surface area contributed by atoms with Gasteiger partial charge in [0.25, 0.3) is 0 Å². The summed E-state index contributed by atoms with van der Waals surface area (Å²) in [6.45, 7) is 1.98. The molecular formula is C30H29N3O4S. The van der Waals surface area contributed by atoms with Crippen molar-refractivity contribution < 1.29 is 19.5 Å². The zero-order chi connectivity index (χ0) is 26.9. The number of aryl methyl sites for hydroxylation is 1. The van der Waals surface area contributed by atoms with Crippen LogP contribution in [0.25, 0.3) is 0 Å². The van der Waals surface area contributed by atoms with E-state index in [1.54, 1.807) is 30.3 Å². The van der Waals surface area contributed by atoms with Gasteiger partial charge in [-0.05, 0) is 72.9 Å². The monoisotopic (exact) mass is 527 g/mol. The molecule has 1 unspecified atom stereocenters. The van der Waals surface area contributed by atoms with Gasteiger partial charge in [-0.15, -0.1) is 0 Å². The number of ketones is 1. The normalized spacial score (nSPS) is 14.8. The van der Waals surface area contributed by atoms with E-state index >= 15 is 0 Å². The number of nitrogens with zero attached hydrogens (tertiary/aromatic N) is 2. The van der Waals surface area contributed by atoms with Gasteiger partial charge in [-0.25, -0.2) is 4.79 Å². The number of nitrogens with one attached hydrogen (secondary N) is 1. The Morgan fingerprint density at radius 1 is 1.00 bits per heavy atom. The fourth-order valence-electron chi connectivity index (χ4n) is 4.38. The second kappa shape index (κ2) is 13.0. The SMILES string of the molecule is Cc1ccccc1C(O)c1ccc(Sc2ccc(C(=O)/C(C#N)=N/OC(=O)NC3CCCCC3)cc2)cc1. The lowest BCUT2D eigenvalue weighted by atomic mass is 9.96. The number of oxime groups is 1. The molecule has 1 aliphatic carbocycles. The lowest BCUT2D eigenvalue weighted by Crippen LogP contribution is -2.36. The van der Waals surface area contributed by atoms with E-state index in [0.29, 0.717) is 0 Å². The number of Topliss-reactive ketones (excluding diaryl/α,β-unsaturated/α-hetero) is 1. The highest BCUT2D eigenvalue weighted by atomic mass is 32.2. The van der Waals surface area contributed by atoms with Crippen LogP contribution in [-0.4, -0.2) is 28.7 Å². The third-order valence-corrected chi connectivity index (χ3v) is 7.51. The van der Waals surface area contributed by atoms with Crippen LogP contribution < -0.4 is 5.32 Å². The molecular weight excluding hydrogens is 498 g/mol. The summed E-state index contributed by atoms with van der Waals surface area (Å²) < 4.78 is 0. The molecule has 0 heterocycles. The topological polar surface area (TPSA) is 112 Å². The number of benzene rings is 3. The molecule has 4 rings (SSSR count). The molecule has 1 atom stereocenters. The Hall–Kier alpha value is -3.93. The van der Waals surface area contributed by atoms with Crippen LogP contribution in [-0.2, 0) is 4.84 Å². The minimum absolute atomic E-state index is 0.0343. The van der Waals surface area contributed by atoms with Crippen LogP contribution in [0.4, 0.5) is 4.79 Å². The van der Waals surface area contributed by atoms with Crippen LogP contribution in [0.3, 0.4) is 0 Å². The average molecular weight is 528 g/mol. The van der Waals surface area contributed by atoms with Crippen molar-refractivity contribution in [3.63, 3.8) is 0 Å². The van der Waals surface area contributed by atoms with E-state index in [9.17, 15) is 20.0 Å². The highest BCUT2D eigenvalue weighted by Gasteiger charge is 2.19. The van der Waals surface area contributed by atoms with Gasteiger partial charge >= 0.3 is 6.09 Å². The largest absolute Gasteiger partial charge is 0.433 e. The summed E-state index contributed by atoms with van der Waals surface area (Å²) in [6, 6.07) is 24.0. The first kappa shape index (κ1) is 27.1. The van der Waals surface area contributed by atoms with Crippen molar-refractivity contribution in [1.82, 2.24) is 5.32 Å². The lowest BCUT2D eigenvalue weighted by molar-refractivity contribution is 0.105. The minimum Gasteiger partial charge on any atom is -0.384 e. The molecule has 0 spiro atoms. The Labute approximate surface area is 226 Å². The molecule has 2 N–H and O–H groups in total. The van der Waals surface area contributed by atoms with Gasteiger partial charge in [-0.2, -0.15) is 5.26 Å². The molecule has 0 bridgehead atoms. The highest BCUT2D eigenvalue weighted by molar-refractivity contribution is 7.99. The maximum Gasteiger partial charge on any atom is 0.433 e. The Morgan fingerprint density at radius 3 is 2.26 bits per heavy atom. The molecule has 1 saturated carbocycles. The summed E-state index contributed by atoms with van der Waals surface area (Å²) >= 11 is 1.51. The van der Waals surface area contributed by atoms with Crippen LogP contribution in [0.15, 0.2) is 87.7 Å². The number of hydrogen-bond donors (Lipinski definition) is 2. The summed E-state index contributed by atoms with van der Waals surface area (Å²) in [5.74, 6) is -0.621. The molecule has 0 aliphatic heterocycles. The second-order valence-electron chi connectivity index (χ2n) is 9.19. The van der Waals surface area contributed by atoms with E-state index in [1.807, 2.05) is 55.5 Å². The molecule has 0 saturated heterocycles. The number of aliphatic hydroxyl groups excluding tert-OH is 1. The van der Waals surface area contributed by atoms with Gasteiger partial charge in [0, 0.05) is 21.4 Å². The first-order valence-corrected chi connectivity index (χ1v) is 13.4. The van der Waals surface area contributed by atoms with Crippen LogP contribution in [0.2, 0.25) is 0 Å². The van der Waals surface area contributed by atoms with E-state index in [0.717, 1.165) is 58.6 Å². The molecule has 8 heteroatoms. The van der Waals surface area contributed by atoms with Crippen molar-refractivity contribution in [3.05, 3.63) is 95.1 Å². The first-order chi connectivity index (χ1) is 18.4. The zero-order valence-corrected chi connectivity index (χ0v) is 21.9. The van der Waals surface area contributed by atoms with Crippen molar-refractivity contribution in [3.8, 4) is 6.07 Å². The van der Waals surface area contributed by atoms with Gasteiger partial charge in [0.2, 0.25) is 11.5 Å². The summed E-state index contributed by atoms with van der Waals surface area (Å²) in [7, 11) is 0. The molecule has 1 amide bonds. The predicted octanol–water partition coefficient (Wildman–Crippen LogP) is 6.35. The molecule has 38 heavy (non-hydrogen) atoms. The molecule has 1 aliphatic rings. The van der Waals surface area contributed by atoms with E-state index < -0.39 is 23.7 Å². The third-order valence-electron chi connectivity index (χ3n) is 6.50. The van der Waals surface area contributed by atoms with Gasteiger partial charge in [0.05, 0.1) is 0 Å². The molecule has 0 aromatic heterocycles. The molecule has 194 valence electrons. The second-order valence-corrected chi connectivity index (χ2v) is 10.3. The lowest BCUT2D eigenvalue weighted by Gasteiger charge is -2.21. The Morgan fingerprint density at radius 2 is 1.63 bits per heavy atom. The van der Waals surface area contributed by atoms with Crippen LogP contribution in [0, 0.1) is 18.3 Å². The summed E-state index contributed by atoms with van der Waals surface area (Å²) in [5.41, 5.74) is 2.49. The smallest absolute Gasteiger partial charge is 0.384 e. The third kappa shape index (κ3) is 7.09. The number of carbonyl (C=O) groups excluding carboxylic acids is 2. The first-order valence-electron chi connectivity index (χ1n) is 12.6. The highest BCUT2D eigenvalue weighted by Crippen LogP contribution is 2.31. The standard InChI is InChI=1S/C30H29N3O4S/c1-20-7-5-6-10-26(20)28(34)21-11-15-24(16-12-21)38-25-17-13-22(14-18-25)29(35)27(19-31)33-37-30(36)32-23-8-3-2-4-9-23/h5-7,10-18,23,28,34H,2-4,8-9H2,1H3,(H,32,36)/b33-27+. The van der Waals surface area contributed by atoms with Crippen molar-refractivity contribution in [2.75, 3.05) is 0 Å². The van der Waals surface area contributed by atoms with Gasteiger partial charge in [-0.1, -0.05) is 72.6 Å². The average Bonchev–Trinajstić information content (AvgIpc) is 2.94. The number of rotatable bonds is 8. The number of amides is 1. The fourth-order valence-corrected chi connectivity index (χ4v) is 5.19. The van der Waals surface area contributed by atoms with E-state index in [4.69, 9.17) is 4.84 Å². The number of nitriles is 1. The summed E-state index contributed by atoms with van der Waals surface area (Å²) in [5, 5.41) is 26.3. The fraction of sp³-hybridized carbons (Fsp3) is 0.267. The van der Waals surface area contributed by atoms with Crippen molar-refractivity contribution >= 4 is 29.4 Å². The quantitative estimate of drug-likeness (QED) is 0.153. The van der Waals surface area contributed by atoms with Crippen LogP contribution >= 0.6 is 11.8 Å². The minimum atomic E-state index is -0.762. The zero-order valence-electron chi connectivity index (χ0n) is 21.1. The van der Waals surface area contributed by atoms with Gasteiger partial charge in [-0.3, -0.25) is 9.63 Å². The molecule has 3 aromatic rings. The Kier molecular flexibility index (Phi) is 9.30. The van der Waals surface area contributed by atoms with Crippen molar-refractivity contribution in [2.24, 2.45) is 5.16 Å². The number of aliphatic hydroxyl groups is 1. The van der Waals surface area contributed by atoms with Gasteiger partial charge < -0.3 is 10.4 Å². The molecule has 3 aromatic carbocycles. The van der Waals surface area contributed by atoms with E-state index in [-0.39, 0.29) is 11.6 Å². The maximum absolute atomic E-state index is 12.7. The Balaban J connectivity index is 1.34. The van der Waals surface area contributed by atoms with Crippen molar-refractivity contribution in [1.29, 1.82) is 5.26 Å². The van der Waals surface area contributed by atoms with Gasteiger partial charge in [0.15, 0.2) is 0 Å². The summed E-state index contributed by atoms with van der Waals surface area (Å²) in [6.07, 6.45) is 3.56. The van der Waals surface area contributed by atoms with E-state index in [1.165, 1.54) is 11.8 Å². The van der Waals surface area contributed by atoms with Crippen molar-refractivity contribution in [2.45, 2.75) is 61.0 Å². The Bertz CT molecular complexity index is 1340. The predicted molar refractivity (Wildman–Crippen MR) is 146 cm³/mol. The maximum atomic E-state index is 12.7. The number of hydrogen-bond acceptors (Lipinski definition) is 7. The molecule has 1 fully saturated rings. The van der Waals surface area contributed by atoms with Crippen LogP contribution in [0.5, 0.6) is 0 Å². The van der Waals surface area contributed by atoms with E-state index in [2.05, 4.69) is 10.5 Å². The molecule has 0 radical (unpaired) electrons. The molecule has 7 nitrogen and oxygen atoms in total. The van der Waals surface area contributed by atoms with Crippen LogP contribution in [0.1, 0.15) is 65.3 Å².